The van der Waals surface area contributed by atoms with Crippen LogP contribution >= 0.6 is 0 Å². The lowest BCUT2D eigenvalue weighted by atomic mass is 10.1. The highest BCUT2D eigenvalue weighted by Gasteiger charge is 2.18. The van der Waals surface area contributed by atoms with Crippen LogP contribution in [0.4, 0.5) is 0 Å². The zero-order chi connectivity index (χ0) is 18.5. The van der Waals surface area contributed by atoms with Crippen LogP contribution in [-0.4, -0.2) is 22.6 Å². The number of fused-ring (bicyclic) bond motifs is 1. The Hall–Kier alpha value is -3.33. The smallest absolute Gasteiger partial charge is 0.223 e. The van der Waals surface area contributed by atoms with Gasteiger partial charge in [-0.1, -0.05) is 30.3 Å². The molecule has 0 bridgehead atoms. The average Bonchev–Trinajstić information content (AvgIpc) is 2.99. The summed E-state index contributed by atoms with van der Waals surface area (Å²) in [5.74, 6) is 1.25. The van der Waals surface area contributed by atoms with Crippen molar-refractivity contribution in [1.82, 2.24) is 14.9 Å². The van der Waals surface area contributed by atoms with Gasteiger partial charge in [-0.25, -0.2) is 4.98 Å². The molecule has 0 unspecified atom stereocenters. The van der Waals surface area contributed by atoms with Gasteiger partial charge in [-0.15, -0.1) is 0 Å². The largest absolute Gasteiger partial charge is 0.496 e. The molecule has 0 aliphatic rings. The zero-order valence-electron chi connectivity index (χ0n) is 14.8. The van der Waals surface area contributed by atoms with Gasteiger partial charge in [0.15, 0.2) is 0 Å². The van der Waals surface area contributed by atoms with Gasteiger partial charge in [-0.3, -0.25) is 4.79 Å². The Kier molecular flexibility index (Phi) is 5.18. The van der Waals surface area contributed by atoms with Crippen molar-refractivity contribution in [2.45, 2.75) is 25.9 Å². The standard InChI is InChI=1S/C20H20N4O2/c1-14-22-16-8-4-5-9-18(16)24(14)12-11-20(25)23-17(13-21)15-7-3-6-10-19(15)26-2/h3-10,17H,11-12H2,1-2H3,(H,23,25)/t17-/m1/s1. The Morgan fingerprint density at radius 1 is 1.27 bits per heavy atom. The van der Waals surface area contributed by atoms with Gasteiger partial charge in [0.1, 0.15) is 17.6 Å². The normalized spacial score (nSPS) is 11.7. The molecule has 1 atom stereocenters. The number of methoxy groups -OCH3 is 1. The Morgan fingerprint density at radius 3 is 2.77 bits per heavy atom. The molecule has 0 radical (unpaired) electrons. The maximum Gasteiger partial charge on any atom is 0.223 e. The molecular weight excluding hydrogens is 328 g/mol. The van der Waals surface area contributed by atoms with Crippen LogP contribution in [-0.2, 0) is 11.3 Å². The van der Waals surface area contributed by atoms with E-state index < -0.39 is 6.04 Å². The van der Waals surface area contributed by atoms with Gasteiger partial charge in [-0.2, -0.15) is 5.26 Å². The molecule has 26 heavy (non-hydrogen) atoms. The highest BCUT2D eigenvalue weighted by atomic mass is 16.5. The Morgan fingerprint density at radius 2 is 2.00 bits per heavy atom. The van der Waals surface area contributed by atoms with Crippen LogP contribution in [0, 0.1) is 18.3 Å². The minimum Gasteiger partial charge on any atom is -0.496 e. The first-order chi connectivity index (χ1) is 12.6. The minimum absolute atomic E-state index is 0.195. The predicted octanol–water partition coefficient (Wildman–Crippen LogP) is 3.12. The van der Waals surface area contributed by atoms with Crippen LogP contribution in [0.25, 0.3) is 11.0 Å². The van der Waals surface area contributed by atoms with Crippen molar-refractivity contribution < 1.29 is 9.53 Å². The van der Waals surface area contributed by atoms with Crippen LogP contribution < -0.4 is 10.1 Å². The summed E-state index contributed by atoms with van der Waals surface area (Å²) in [6.07, 6.45) is 0.258. The fourth-order valence-corrected chi connectivity index (χ4v) is 3.01. The number of ether oxygens (including phenoxy) is 1. The van der Waals surface area contributed by atoms with E-state index in [1.54, 1.807) is 19.2 Å². The second-order valence-electron chi connectivity index (χ2n) is 5.92. The molecule has 1 N–H and O–H groups in total. The summed E-state index contributed by atoms with van der Waals surface area (Å²) in [7, 11) is 1.54. The number of nitrogens with zero attached hydrogens (tertiary/aromatic N) is 3. The molecule has 0 saturated heterocycles. The summed E-state index contributed by atoms with van der Waals surface area (Å²) >= 11 is 0. The Balaban J connectivity index is 1.70. The van der Waals surface area contributed by atoms with E-state index in [0.29, 0.717) is 17.9 Å². The van der Waals surface area contributed by atoms with Gasteiger partial charge in [-0.05, 0) is 25.1 Å². The lowest BCUT2D eigenvalue weighted by Crippen LogP contribution is -2.28. The van der Waals surface area contributed by atoms with Crippen molar-refractivity contribution in [1.29, 1.82) is 5.26 Å². The molecule has 1 aromatic heterocycles. The molecule has 6 nitrogen and oxygen atoms in total. The van der Waals surface area contributed by atoms with Crippen LogP contribution in [0.5, 0.6) is 5.75 Å². The second kappa shape index (κ2) is 7.70. The number of amides is 1. The van der Waals surface area contributed by atoms with E-state index in [9.17, 15) is 10.1 Å². The monoisotopic (exact) mass is 348 g/mol. The third kappa shape index (κ3) is 3.52. The van der Waals surface area contributed by atoms with Crippen molar-refractivity contribution >= 4 is 16.9 Å². The molecule has 0 spiro atoms. The number of hydrogen-bond acceptors (Lipinski definition) is 4. The lowest BCUT2D eigenvalue weighted by molar-refractivity contribution is -0.121. The minimum atomic E-state index is -0.751. The van der Waals surface area contributed by atoms with E-state index in [2.05, 4.69) is 16.4 Å². The number of hydrogen-bond donors (Lipinski definition) is 1. The summed E-state index contributed by atoms with van der Waals surface area (Å²) in [5.41, 5.74) is 2.56. The van der Waals surface area contributed by atoms with Crippen LogP contribution in [0.15, 0.2) is 48.5 Å². The average molecular weight is 348 g/mol. The number of aryl methyl sites for hydroxylation is 2. The highest BCUT2D eigenvalue weighted by molar-refractivity contribution is 5.78. The molecule has 3 rings (SSSR count). The number of carbonyl (C=O) groups excluding carboxylic acids is 1. The lowest BCUT2D eigenvalue weighted by Gasteiger charge is -2.15. The molecule has 3 aromatic rings. The topological polar surface area (TPSA) is 79.9 Å². The van der Waals surface area contributed by atoms with Crippen LogP contribution in [0.1, 0.15) is 23.9 Å². The summed E-state index contributed by atoms with van der Waals surface area (Å²) in [5, 5.41) is 12.2. The number of nitriles is 1. The van der Waals surface area contributed by atoms with Crippen LogP contribution in [0.3, 0.4) is 0 Å². The quantitative estimate of drug-likeness (QED) is 0.742. The van der Waals surface area contributed by atoms with E-state index in [1.807, 2.05) is 47.9 Å². The van der Waals surface area contributed by atoms with Gasteiger partial charge in [0.25, 0.3) is 0 Å². The molecule has 6 heteroatoms. The molecule has 0 fully saturated rings. The maximum absolute atomic E-state index is 12.4. The summed E-state index contributed by atoms with van der Waals surface area (Å²) in [6, 6.07) is 16.4. The number of aromatic nitrogens is 2. The van der Waals surface area contributed by atoms with Crippen molar-refractivity contribution in [3.8, 4) is 11.8 Å². The van der Waals surface area contributed by atoms with Crippen molar-refractivity contribution in [3.63, 3.8) is 0 Å². The number of benzene rings is 2. The SMILES string of the molecule is COc1ccccc1[C@@H](C#N)NC(=O)CCn1c(C)nc2ccccc21. The van der Waals surface area contributed by atoms with Gasteiger partial charge in [0.05, 0.1) is 24.2 Å². The fourth-order valence-electron chi connectivity index (χ4n) is 3.01. The molecule has 2 aromatic carbocycles. The van der Waals surface area contributed by atoms with E-state index in [1.165, 1.54) is 0 Å². The van der Waals surface area contributed by atoms with Crippen molar-refractivity contribution in [2.24, 2.45) is 0 Å². The molecular formula is C20H20N4O2. The number of rotatable bonds is 6. The molecule has 1 heterocycles. The first-order valence-electron chi connectivity index (χ1n) is 8.38. The van der Waals surface area contributed by atoms with E-state index >= 15 is 0 Å². The summed E-state index contributed by atoms with van der Waals surface area (Å²) in [6.45, 7) is 2.42. The van der Waals surface area contributed by atoms with Gasteiger partial charge in [0, 0.05) is 18.5 Å². The van der Waals surface area contributed by atoms with Gasteiger partial charge in [0.2, 0.25) is 5.91 Å². The molecule has 0 aliphatic heterocycles. The Bertz CT molecular complexity index is 971. The molecule has 132 valence electrons. The number of para-hydroxylation sites is 3. The first kappa shape index (κ1) is 17.5. The second-order valence-corrected chi connectivity index (χ2v) is 5.92. The van der Waals surface area contributed by atoms with Crippen molar-refractivity contribution in [3.05, 3.63) is 59.9 Å². The van der Waals surface area contributed by atoms with E-state index in [0.717, 1.165) is 16.9 Å². The first-order valence-corrected chi connectivity index (χ1v) is 8.38. The summed E-state index contributed by atoms with van der Waals surface area (Å²) < 4.78 is 7.29. The van der Waals surface area contributed by atoms with E-state index in [4.69, 9.17) is 4.74 Å². The highest BCUT2D eigenvalue weighted by Crippen LogP contribution is 2.24. The number of carbonyl (C=O) groups is 1. The third-order valence-corrected chi connectivity index (χ3v) is 4.29. The maximum atomic E-state index is 12.4. The fraction of sp³-hybridized carbons (Fsp3) is 0.250. The van der Waals surface area contributed by atoms with E-state index in [-0.39, 0.29) is 12.3 Å². The van der Waals surface area contributed by atoms with Crippen LogP contribution in [0.2, 0.25) is 0 Å². The summed E-state index contributed by atoms with van der Waals surface area (Å²) in [4.78, 5) is 16.9. The molecule has 0 saturated carbocycles. The van der Waals surface area contributed by atoms with Crippen molar-refractivity contribution in [2.75, 3.05) is 7.11 Å². The third-order valence-electron chi connectivity index (χ3n) is 4.29. The number of imidazole rings is 1. The molecule has 1 amide bonds. The van der Waals surface area contributed by atoms with Gasteiger partial charge >= 0.3 is 0 Å². The predicted molar refractivity (Wildman–Crippen MR) is 98.6 cm³/mol. The Labute approximate surface area is 152 Å². The number of nitrogens with one attached hydrogen (secondary N) is 1. The van der Waals surface area contributed by atoms with Gasteiger partial charge < -0.3 is 14.6 Å². The molecule has 0 aliphatic carbocycles. The zero-order valence-corrected chi connectivity index (χ0v) is 14.8.